The molecule has 1 amide bonds. The Labute approximate surface area is 364 Å². The van der Waals surface area contributed by atoms with E-state index in [0.29, 0.717) is 35.0 Å². The zero-order chi connectivity index (χ0) is 45.7. The van der Waals surface area contributed by atoms with Gasteiger partial charge in [-0.1, -0.05) is 45.8 Å². The highest BCUT2D eigenvalue weighted by Crippen LogP contribution is 2.43. The van der Waals surface area contributed by atoms with E-state index in [9.17, 15) is 19.5 Å². The number of hydrogen-bond donors (Lipinski definition) is 2. The van der Waals surface area contributed by atoms with E-state index in [2.05, 4.69) is 25.0 Å². The monoisotopic (exact) mass is 870 g/mol. The highest BCUT2D eigenvalue weighted by molar-refractivity contribution is 6.08. The van der Waals surface area contributed by atoms with Gasteiger partial charge >= 0.3 is 5.97 Å². The minimum absolute atomic E-state index is 0.0732. The van der Waals surface area contributed by atoms with Crippen LogP contribution in [0, 0.1) is 23.7 Å². The molecular formula is C45H67FN6O10. The molecule has 344 valence electrons. The summed E-state index contributed by atoms with van der Waals surface area (Å²) in [6.45, 7) is 14.7. The molecule has 1 unspecified atom stereocenters. The van der Waals surface area contributed by atoms with Crippen LogP contribution in [0.2, 0.25) is 0 Å². The first-order valence-electron chi connectivity index (χ1n) is 21.8. The molecule has 17 heteroatoms. The molecule has 3 saturated heterocycles. The lowest BCUT2D eigenvalue weighted by atomic mass is 9.68. The van der Waals surface area contributed by atoms with E-state index in [0.717, 1.165) is 13.3 Å². The number of carbonyl (C=O) groups excluding carboxylic acids is 3. The van der Waals surface area contributed by atoms with Gasteiger partial charge in [-0.15, -0.1) is 0 Å². The predicted octanol–water partition coefficient (Wildman–Crippen LogP) is 6.28. The average Bonchev–Trinajstić information content (AvgIpc) is 3.69. The number of ether oxygens (including phenoxy) is 4. The zero-order valence-corrected chi connectivity index (χ0v) is 38.2. The molecule has 0 saturated carbocycles. The first-order chi connectivity index (χ1) is 29.1. The average molecular weight is 871 g/mol. The van der Waals surface area contributed by atoms with Crippen LogP contribution in [0.4, 0.5) is 10.2 Å². The molecule has 12 atom stereocenters. The van der Waals surface area contributed by atoms with E-state index in [4.69, 9.17) is 33.9 Å². The molecule has 5 heterocycles. The van der Waals surface area contributed by atoms with Gasteiger partial charge in [0.2, 0.25) is 11.8 Å². The summed E-state index contributed by atoms with van der Waals surface area (Å²) in [6.07, 6.45) is -0.0981. The van der Waals surface area contributed by atoms with Crippen molar-refractivity contribution in [3.05, 3.63) is 30.2 Å². The van der Waals surface area contributed by atoms with Crippen molar-refractivity contribution in [2.75, 3.05) is 26.4 Å². The van der Waals surface area contributed by atoms with Crippen molar-refractivity contribution in [3.63, 3.8) is 0 Å². The quantitative estimate of drug-likeness (QED) is 0.162. The normalized spacial score (nSPS) is 36.8. The van der Waals surface area contributed by atoms with Crippen molar-refractivity contribution in [2.24, 2.45) is 33.8 Å². The third-order valence-electron chi connectivity index (χ3n) is 12.9. The summed E-state index contributed by atoms with van der Waals surface area (Å²) in [4.78, 5) is 63.0. The molecule has 5 rings (SSSR count). The van der Waals surface area contributed by atoms with E-state index >= 15 is 4.39 Å². The summed E-state index contributed by atoms with van der Waals surface area (Å²) >= 11 is 0. The third-order valence-corrected chi connectivity index (χ3v) is 12.9. The number of amides is 1. The summed E-state index contributed by atoms with van der Waals surface area (Å²) in [6, 6.07) is 5.19. The number of aromatic nitrogens is 2. The molecule has 3 fully saturated rings. The smallest absolute Gasteiger partial charge is 0.351 e. The number of halogens is 1. The van der Waals surface area contributed by atoms with Crippen molar-refractivity contribution in [1.82, 2.24) is 14.9 Å². The molecule has 3 N–H and O–H groups in total. The largest absolute Gasteiger partial charge is 0.457 e. The van der Waals surface area contributed by atoms with Crippen molar-refractivity contribution >= 4 is 34.9 Å². The minimum atomic E-state index is -3.12. The van der Waals surface area contributed by atoms with Crippen LogP contribution < -0.4 is 5.73 Å². The minimum Gasteiger partial charge on any atom is -0.457 e. The number of rotatable bonds is 9. The Morgan fingerprint density at radius 3 is 2.47 bits per heavy atom. The number of Topliss-reactive ketones (excluding diaryl/α,β-unsaturated/α-hetero) is 1. The third kappa shape index (κ3) is 11.1. The second-order valence-electron chi connectivity index (χ2n) is 18.2. The van der Waals surface area contributed by atoms with Crippen LogP contribution in [0.3, 0.4) is 0 Å². The molecule has 2 bridgehead atoms. The number of carbonyl (C=O) groups is 3. The Kier molecular flexibility index (Phi) is 15.9. The Hall–Kier alpha value is -4.16. The van der Waals surface area contributed by atoms with Gasteiger partial charge in [0.25, 0.3) is 5.67 Å². The fourth-order valence-electron chi connectivity index (χ4n) is 9.37. The van der Waals surface area contributed by atoms with Crippen molar-refractivity contribution < 1.29 is 52.1 Å². The van der Waals surface area contributed by atoms with E-state index in [1.54, 1.807) is 39.0 Å². The molecule has 0 radical (unpaired) electrons. The number of nitrogen functional groups attached to an aromatic ring is 1. The van der Waals surface area contributed by atoms with Gasteiger partial charge < -0.3 is 43.9 Å². The van der Waals surface area contributed by atoms with Crippen LogP contribution in [-0.2, 0) is 44.8 Å². The van der Waals surface area contributed by atoms with Crippen LogP contribution in [0.1, 0.15) is 113 Å². The maximum atomic E-state index is 17.0. The van der Waals surface area contributed by atoms with Gasteiger partial charge in [0, 0.05) is 36.4 Å². The standard InChI is InChI=1S/C45H67FN6O10/c1-12-34-45(9,56)32-18-17-29(51-59-24-30-22-57-41(48-30)33-15-14-16-35(47)49-33)23-58-43(7,21-25(3)38(27(32)5)50-36(53)13-2)40(28(6)39(54)44(8,46)42(55)61-34)62-37-20-31(52(10)11)19-26(4)60-37/h14-16,22,25-28,31-32,34,37,40,56H,12-13,17-21,23-24H2,1-11H3,(H2,47,49)/b50-38+,51-29+/t25-,26-,27-,28+,31+,32-,34-,37+,40-,43-,44+,45?/m1/s1. The van der Waals surface area contributed by atoms with Crippen LogP contribution in [0.5, 0.6) is 0 Å². The number of aliphatic hydroxyl groups is 1. The fraction of sp³-hybridized carbons (Fsp3) is 0.711. The molecule has 62 heavy (non-hydrogen) atoms. The topological polar surface area (TPSA) is 210 Å². The first-order valence-corrected chi connectivity index (χ1v) is 21.8. The van der Waals surface area contributed by atoms with Gasteiger partial charge in [0.05, 0.1) is 30.1 Å². The van der Waals surface area contributed by atoms with Crippen molar-refractivity contribution in [2.45, 2.75) is 161 Å². The second-order valence-corrected chi connectivity index (χ2v) is 18.2. The number of oxime groups is 1. The van der Waals surface area contributed by atoms with E-state index in [-0.39, 0.29) is 69.3 Å². The Morgan fingerprint density at radius 1 is 1.08 bits per heavy atom. The van der Waals surface area contributed by atoms with Gasteiger partial charge in [-0.3, -0.25) is 9.59 Å². The highest BCUT2D eigenvalue weighted by Gasteiger charge is 2.56. The van der Waals surface area contributed by atoms with Gasteiger partial charge in [-0.25, -0.2) is 24.1 Å². The number of esters is 1. The maximum absolute atomic E-state index is 17.0. The SMILES string of the molecule is CCC(=O)/N=C1\[C@H](C)C[C@@]2(C)OC/C(=N/OCc3coc(-c4cccc(N)n4)n3)CC[C@H]([C@H]1C)C(C)(O)[C@@H](CC)OC(=O)[C@@](C)(F)C(=O)[C@H](C)[C@H]2O[C@H]1C[C@@H](N(C)C)C[C@@H](C)O1. The molecule has 0 spiro atoms. The molecule has 0 aromatic carbocycles. The maximum Gasteiger partial charge on any atom is 0.351 e. The number of hydrogen-bond acceptors (Lipinski definition) is 15. The number of alkyl halides is 1. The Bertz CT molecular complexity index is 1950. The number of nitrogens with two attached hydrogens (primary N) is 1. The number of fused-ring (bicyclic) bond motifs is 5. The fourth-order valence-corrected chi connectivity index (χ4v) is 9.37. The van der Waals surface area contributed by atoms with Crippen LogP contribution in [0.25, 0.3) is 11.6 Å². The first kappa shape index (κ1) is 48.9. The summed E-state index contributed by atoms with van der Waals surface area (Å²) in [7, 11) is 3.94. The summed E-state index contributed by atoms with van der Waals surface area (Å²) in [5.41, 5.74) is 1.30. The van der Waals surface area contributed by atoms with Gasteiger partial charge in [-0.05, 0) is 97.9 Å². The van der Waals surface area contributed by atoms with Crippen LogP contribution in [0.15, 0.2) is 39.0 Å². The molecular weight excluding hydrogens is 804 g/mol. The van der Waals surface area contributed by atoms with Gasteiger partial charge in [0.15, 0.2) is 18.7 Å². The van der Waals surface area contributed by atoms with Crippen LogP contribution in [-0.4, -0.2) is 117 Å². The summed E-state index contributed by atoms with van der Waals surface area (Å²) in [5.74, 6) is -5.41. The molecule has 2 aromatic rings. The molecule has 2 aromatic heterocycles. The lowest BCUT2D eigenvalue weighted by Gasteiger charge is -2.47. The Morgan fingerprint density at radius 2 is 1.81 bits per heavy atom. The van der Waals surface area contributed by atoms with Crippen molar-refractivity contribution in [1.29, 1.82) is 0 Å². The zero-order valence-electron chi connectivity index (χ0n) is 38.2. The lowest BCUT2D eigenvalue weighted by molar-refractivity contribution is -0.264. The number of pyridine rings is 1. The summed E-state index contributed by atoms with van der Waals surface area (Å²) in [5, 5.41) is 17.1. The number of aliphatic imine (C=N–C) groups is 1. The van der Waals surface area contributed by atoms with Gasteiger partial charge in [0.1, 0.15) is 35.2 Å². The molecule has 0 aliphatic carbocycles. The van der Waals surface area contributed by atoms with E-state index < -0.39 is 70.8 Å². The van der Waals surface area contributed by atoms with E-state index in [1.807, 2.05) is 34.9 Å². The van der Waals surface area contributed by atoms with Gasteiger partial charge in [-0.2, -0.15) is 0 Å². The summed E-state index contributed by atoms with van der Waals surface area (Å²) < 4.78 is 48.5. The highest BCUT2D eigenvalue weighted by atomic mass is 19.1. The van der Waals surface area contributed by atoms with Crippen molar-refractivity contribution in [3.8, 4) is 11.6 Å². The predicted molar refractivity (Wildman–Crippen MR) is 230 cm³/mol. The molecule has 3 aliphatic heterocycles. The molecule has 16 nitrogen and oxygen atoms in total. The number of ketones is 1. The number of oxazole rings is 1. The molecule has 3 aliphatic rings. The number of nitrogens with zero attached hydrogens (tertiary/aromatic N) is 5. The number of cyclic esters (lactones) is 1. The lowest BCUT2D eigenvalue weighted by Crippen LogP contribution is -2.59. The van der Waals surface area contributed by atoms with Crippen LogP contribution >= 0.6 is 0 Å². The van der Waals surface area contributed by atoms with E-state index in [1.165, 1.54) is 20.1 Å². The number of anilines is 1. The second kappa shape index (κ2) is 20.1. The Balaban J connectivity index is 1.65.